The average Bonchev–Trinajstić information content (AvgIpc) is 2.99. The smallest absolute Gasteiger partial charge is 0.0800 e. The minimum Gasteiger partial charge on any atom is -0.358 e. The summed E-state index contributed by atoms with van der Waals surface area (Å²) in [6.07, 6.45) is 41.6. The Morgan fingerprint density at radius 1 is 0.354 bits per heavy atom. The Morgan fingerprint density at radius 3 is 0.833 bits per heavy atom. The molecule has 0 amide bonds. The number of pyridine rings is 1. The standard InChI is InChI=1S/C45H63N3/c1-2-46-27-41(48(44-21-34-9-35(22-44)11-36(10-34)23-44)45-24-37-12-38(25-45)14-39(13-37)26-45)40(1)47(42-15-28-3-29(16-42)5-30(4-28)17-42)43-18-31-6-32(19-43)8-33(7-31)20-43/h1-2,27-39H,3-26H2. The van der Waals surface area contributed by atoms with Crippen LogP contribution < -0.4 is 9.80 Å². The van der Waals surface area contributed by atoms with E-state index in [2.05, 4.69) is 28.3 Å². The maximum atomic E-state index is 5.23. The van der Waals surface area contributed by atoms with Crippen LogP contribution in [0, 0.1) is 71.0 Å². The van der Waals surface area contributed by atoms with E-state index < -0.39 is 0 Å². The van der Waals surface area contributed by atoms with Gasteiger partial charge in [0.1, 0.15) is 0 Å². The van der Waals surface area contributed by atoms with E-state index in [0.29, 0.717) is 22.2 Å². The first kappa shape index (κ1) is 28.3. The largest absolute Gasteiger partial charge is 0.358 e. The van der Waals surface area contributed by atoms with E-state index in [1.807, 2.05) is 0 Å². The number of rotatable bonds is 6. The molecule has 258 valence electrons. The summed E-state index contributed by atoms with van der Waals surface area (Å²) in [5, 5.41) is 0. The molecule has 1 heterocycles. The van der Waals surface area contributed by atoms with Gasteiger partial charge in [0.25, 0.3) is 0 Å². The van der Waals surface area contributed by atoms with Gasteiger partial charge in [0.15, 0.2) is 0 Å². The zero-order chi connectivity index (χ0) is 31.0. The molecular formula is C45H63N3. The van der Waals surface area contributed by atoms with Gasteiger partial charge in [0.05, 0.1) is 17.6 Å². The van der Waals surface area contributed by atoms with Crippen LogP contribution in [0.25, 0.3) is 0 Å². The number of anilines is 2. The minimum absolute atomic E-state index is 0.396. The molecule has 0 saturated heterocycles. The Hall–Kier alpha value is -1.25. The molecule has 17 rings (SSSR count). The number of hydrogen-bond acceptors (Lipinski definition) is 3. The SMILES string of the molecule is c1cc(N(C23CC4CC(CC(C4)C2)C3)C23CC4CC(CC(C4)C2)C3)c(N(C23CC4CC(CC(C4)C2)C3)C23CC4CC(CC(C4)C2)C3)cn1. The van der Waals surface area contributed by atoms with Crippen molar-refractivity contribution in [1.82, 2.24) is 4.98 Å². The van der Waals surface area contributed by atoms with E-state index >= 15 is 0 Å². The van der Waals surface area contributed by atoms with E-state index in [1.165, 1.54) is 77.0 Å². The molecule has 16 saturated carbocycles. The summed E-state index contributed by atoms with van der Waals surface area (Å²) < 4.78 is 0. The molecule has 1 aromatic rings. The average molecular weight is 646 g/mol. The first-order valence-electron chi connectivity index (χ1n) is 22.0. The third-order valence-electron chi connectivity index (χ3n) is 19.2. The van der Waals surface area contributed by atoms with Gasteiger partial charge in [0, 0.05) is 28.4 Å². The Morgan fingerprint density at radius 2 is 0.583 bits per heavy atom. The van der Waals surface area contributed by atoms with E-state index in [4.69, 9.17) is 4.98 Å². The molecular weight excluding hydrogens is 583 g/mol. The van der Waals surface area contributed by atoms with Crippen molar-refractivity contribution in [1.29, 1.82) is 0 Å². The van der Waals surface area contributed by atoms with Crippen molar-refractivity contribution in [3.63, 3.8) is 0 Å². The molecule has 48 heavy (non-hydrogen) atoms. The van der Waals surface area contributed by atoms with Crippen LogP contribution in [-0.4, -0.2) is 27.1 Å². The summed E-state index contributed by atoms with van der Waals surface area (Å²) in [7, 11) is 0. The van der Waals surface area contributed by atoms with Gasteiger partial charge < -0.3 is 9.80 Å². The van der Waals surface area contributed by atoms with Gasteiger partial charge in [0.2, 0.25) is 0 Å². The fourth-order valence-electron chi connectivity index (χ4n) is 20.1. The lowest BCUT2D eigenvalue weighted by molar-refractivity contribution is -0.0592. The van der Waals surface area contributed by atoms with Crippen molar-refractivity contribution in [3.8, 4) is 0 Å². The van der Waals surface area contributed by atoms with E-state index in [1.54, 1.807) is 88.4 Å². The first-order valence-corrected chi connectivity index (χ1v) is 22.0. The van der Waals surface area contributed by atoms with Gasteiger partial charge in [-0.1, -0.05) is 0 Å². The van der Waals surface area contributed by atoms with Crippen LogP contribution in [0.1, 0.15) is 154 Å². The Kier molecular flexibility index (Phi) is 5.55. The number of nitrogens with zero attached hydrogens (tertiary/aromatic N) is 3. The maximum absolute atomic E-state index is 5.23. The van der Waals surface area contributed by atoms with Crippen LogP contribution in [0.2, 0.25) is 0 Å². The fraction of sp³-hybridized carbons (Fsp3) is 0.889. The molecule has 0 aliphatic heterocycles. The molecule has 16 aliphatic carbocycles. The molecule has 0 atom stereocenters. The topological polar surface area (TPSA) is 19.4 Å². The van der Waals surface area contributed by atoms with E-state index in [0.717, 1.165) is 71.0 Å². The zero-order valence-corrected chi connectivity index (χ0v) is 30.0. The van der Waals surface area contributed by atoms with Crippen LogP contribution in [0.15, 0.2) is 18.5 Å². The second-order valence-corrected chi connectivity index (χ2v) is 22.6. The number of aromatic nitrogens is 1. The summed E-state index contributed by atoms with van der Waals surface area (Å²) in [5.74, 6) is 12.0. The number of hydrogen-bond donors (Lipinski definition) is 0. The van der Waals surface area contributed by atoms with Gasteiger partial charge in [-0.05, 0) is 231 Å². The van der Waals surface area contributed by atoms with Crippen LogP contribution >= 0.6 is 0 Å². The second-order valence-electron chi connectivity index (χ2n) is 22.6. The third kappa shape index (κ3) is 3.82. The maximum Gasteiger partial charge on any atom is 0.0800 e. The molecule has 0 N–H and O–H groups in total. The highest BCUT2D eigenvalue weighted by Gasteiger charge is 2.65. The van der Waals surface area contributed by atoms with Gasteiger partial charge in [-0.25, -0.2) is 0 Å². The van der Waals surface area contributed by atoms with Crippen LogP contribution in [0.4, 0.5) is 11.4 Å². The summed E-state index contributed by atoms with van der Waals surface area (Å²) in [6.45, 7) is 0. The lowest BCUT2D eigenvalue weighted by Crippen LogP contribution is -2.73. The predicted molar refractivity (Wildman–Crippen MR) is 193 cm³/mol. The molecule has 0 radical (unpaired) electrons. The Balaban J connectivity index is 1.03. The summed E-state index contributed by atoms with van der Waals surface area (Å²) in [5.41, 5.74) is 5.03. The summed E-state index contributed by atoms with van der Waals surface area (Å²) in [4.78, 5) is 12.1. The molecule has 3 nitrogen and oxygen atoms in total. The van der Waals surface area contributed by atoms with Crippen molar-refractivity contribution < 1.29 is 0 Å². The van der Waals surface area contributed by atoms with Gasteiger partial charge >= 0.3 is 0 Å². The molecule has 0 spiro atoms. The third-order valence-corrected chi connectivity index (χ3v) is 19.2. The highest BCUT2D eigenvalue weighted by atomic mass is 15.3. The lowest BCUT2D eigenvalue weighted by atomic mass is 9.48. The van der Waals surface area contributed by atoms with Gasteiger partial charge in [-0.3, -0.25) is 4.98 Å². The lowest BCUT2D eigenvalue weighted by Gasteiger charge is -2.72. The highest BCUT2D eigenvalue weighted by molar-refractivity contribution is 5.75. The van der Waals surface area contributed by atoms with Crippen LogP contribution in [-0.2, 0) is 0 Å². The van der Waals surface area contributed by atoms with Crippen molar-refractivity contribution in [3.05, 3.63) is 18.5 Å². The normalized spacial score (nSPS) is 57.2. The van der Waals surface area contributed by atoms with Crippen molar-refractivity contribution >= 4 is 11.4 Å². The first-order chi connectivity index (χ1) is 23.4. The molecule has 0 unspecified atom stereocenters. The molecule has 1 aromatic heterocycles. The van der Waals surface area contributed by atoms with E-state index in [9.17, 15) is 0 Å². The summed E-state index contributed by atoms with van der Waals surface area (Å²) in [6, 6.07) is 2.67. The van der Waals surface area contributed by atoms with Crippen LogP contribution in [0.3, 0.4) is 0 Å². The molecule has 16 fully saturated rings. The monoisotopic (exact) mass is 646 g/mol. The molecule has 16 aliphatic rings. The van der Waals surface area contributed by atoms with Crippen LogP contribution in [0.5, 0.6) is 0 Å². The van der Waals surface area contributed by atoms with Crippen molar-refractivity contribution in [2.45, 2.75) is 176 Å². The quantitative estimate of drug-likeness (QED) is 0.307. The van der Waals surface area contributed by atoms with Crippen molar-refractivity contribution in [2.24, 2.45) is 71.0 Å². The minimum atomic E-state index is 0.396. The molecule has 3 heteroatoms. The Labute approximate surface area is 291 Å². The van der Waals surface area contributed by atoms with Gasteiger partial charge in [-0.15, -0.1) is 0 Å². The Bertz CT molecular complexity index is 1160. The van der Waals surface area contributed by atoms with Crippen molar-refractivity contribution in [2.75, 3.05) is 9.80 Å². The van der Waals surface area contributed by atoms with Gasteiger partial charge in [-0.2, -0.15) is 0 Å². The predicted octanol–water partition coefficient (Wildman–Crippen LogP) is 10.6. The molecule has 0 aromatic carbocycles. The zero-order valence-electron chi connectivity index (χ0n) is 30.0. The summed E-state index contributed by atoms with van der Waals surface area (Å²) >= 11 is 0. The highest BCUT2D eigenvalue weighted by Crippen LogP contribution is 2.69. The fourth-order valence-corrected chi connectivity index (χ4v) is 20.1. The second kappa shape index (κ2) is 9.40. The molecule has 16 bridgehead atoms. The van der Waals surface area contributed by atoms with E-state index in [-0.39, 0.29) is 0 Å².